The first-order valence-corrected chi connectivity index (χ1v) is 11.0. The fraction of sp³-hybridized carbons (Fsp3) is 0.417. The van der Waals surface area contributed by atoms with Crippen LogP contribution in [0, 0.1) is 0 Å². The van der Waals surface area contributed by atoms with Gasteiger partial charge in [-0.25, -0.2) is 0 Å². The van der Waals surface area contributed by atoms with Crippen LogP contribution in [0.4, 0.5) is 11.4 Å². The molecular weight excluding hydrogens is 394 g/mol. The van der Waals surface area contributed by atoms with Crippen molar-refractivity contribution in [2.45, 2.75) is 32.3 Å². The molecule has 2 aliphatic rings. The SMILES string of the molecule is CCOc1ccccc1NC(=O)CN1C[C@@H](C(=O)N2CCCCC2)Oc2ccccc21. The van der Waals surface area contributed by atoms with Crippen LogP contribution in [0.3, 0.4) is 0 Å². The largest absolute Gasteiger partial charge is 0.492 e. The lowest BCUT2D eigenvalue weighted by Crippen LogP contribution is -2.52. The number of benzene rings is 2. The predicted molar refractivity (Wildman–Crippen MR) is 120 cm³/mol. The molecule has 2 heterocycles. The van der Waals surface area contributed by atoms with E-state index in [4.69, 9.17) is 9.47 Å². The molecule has 164 valence electrons. The number of rotatable bonds is 6. The highest BCUT2D eigenvalue weighted by atomic mass is 16.5. The van der Waals surface area contributed by atoms with Crippen molar-refractivity contribution in [1.29, 1.82) is 0 Å². The molecule has 0 saturated carbocycles. The van der Waals surface area contributed by atoms with Gasteiger partial charge in [0.25, 0.3) is 5.91 Å². The highest BCUT2D eigenvalue weighted by molar-refractivity contribution is 5.96. The molecule has 4 rings (SSSR count). The number of nitrogens with one attached hydrogen (secondary N) is 1. The van der Waals surface area contributed by atoms with Crippen molar-refractivity contribution in [3.05, 3.63) is 48.5 Å². The van der Waals surface area contributed by atoms with Crippen LogP contribution >= 0.6 is 0 Å². The Morgan fingerprint density at radius 2 is 1.81 bits per heavy atom. The fourth-order valence-electron chi connectivity index (χ4n) is 4.12. The summed E-state index contributed by atoms with van der Waals surface area (Å²) in [6.07, 6.45) is 2.60. The number of fused-ring (bicyclic) bond motifs is 1. The molecule has 0 aromatic heterocycles. The molecule has 2 aromatic rings. The minimum atomic E-state index is -0.614. The van der Waals surface area contributed by atoms with Gasteiger partial charge in [-0.15, -0.1) is 0 Å². The van der Waals surface area contributed by atoms with E-state index >= 15 is 0 Å². The third-order valence-corrected chi connectivity index (χ3v) is 5.60. The Hall–Kier alpha value is -3.22. The van der Waals surface area contributed by atoms with E-state index in [1.165, 1.54) is 0 Å². The van der Waals surface area contributed by atoms with E-state index in [1.807, 2.05) is 65.3 Å². The predicted octanol–water partition coefficient (Wildman–Crippen LogP) is 3.30. The van der Waals surface area contributed by atoms with Crippen molar-refractivity contribution >= 4 is 23.2 Å². The van der Waals surface area contributed by atoms with Gasteiger partial charge in [-0.05, 0) is 50.5 Å². The first-order chi connectivity index (χ1) is 15.2. The number of anilines is 2. The van der Waals surface area contributed by atoms with Gasteiger partial charge in [0.05, 0.1) is 31.1 Å². The van der Waals surface area contributed by atoms with Crippen LogP contribution in [-0.2, 0) is 9.59 Å². The average Bonchev–Trinajstić information content (AvgIpc) is 2.80. The standard InChI is InChI=1S/C24H29N3O4/c1-2-30-20-12-6-4-10-18(20)25-23(28)17-27-16-22(24(29)26-14-8-3-9-15-26)31-21-13-7-5-11-19(21)27/h4-7,10-13,22H,2-3,8-9,14-17H2,1H3,(H,25,28)/t22-/m0/s1. The zero-order valence-corrected chi connectivity index (χ0v) is 17.9. The molecule has 0 bridgehead atoms. The van der Waals surface area contributed by atoms with Crippen LogP contribution in [0.15, 0.2) is 48.5 Å². The van der Waals surface area contributed by atoms with Crippen molar-refractivity contribution in [1.82, 2.24) is 4.90 Å². The number of ether oxygens (including phenoxy) is 2. The van der Waals surface area contributed by atoms with Gasteiger partial charge < -0.3 is 24.6 Å². The maximum atomic E-state index is 13.1. The molecule has 2 amide bonds. The lowest BCUT2D eigenvalue weighted by molar-refractivity contribution is -0.139. The first-order valence-electron chi connectivity index (χ1n) is 11.0. The van der Waals surface area contributed by atoms with Crippen LogP contribution in [0.1, 0.15) is 26.2 Å². The Labute approximate surface area is 182 Å². The van der Waals surface area contributed by atoms with Crippen molar-refractivity contribution in [3.8, 4) is 11.5 Å². The molecule has 31 heavy (non-hydrogen) atoms. The molecule has 0 radical (unpaired) electrons. The summed E-state index contributed by atoms with van der Waals surface area (Å²) in [5.74, 6) is 1.10. The maximum Gasteiger partial charge on any atom is 0.265 e. The summed E-state index contributed by atoms with van der Waals surface area (Å²) in [5, 5.41) is 2.94. The van der Waals surface area contributed by atoms with E-state index in [9.17, 15) is 9.59 Å². The number of likely N-dealkylation sites (tertiary alicyclic amines) is 1. The summed E-state index contributed by atoms with van der Waals surface area (Å²) in [7, 11) is 0. The molecule has 7 heteroatoms. The summed E-state index contributed by atoms with van der Waals surface area (Å²) >= 11 is 0. The molecule has 0 aliphatic carbocycles. The lowest BCUT2D eigenvalue weighted by Gasteiger charge is -2.38. The second-order valence-electron chi connectivity index (χ2n) is 7.82. The lowest BCUT2D eigenvalue weighted by atomic mass is 10.1. The van der Waals surface area contributed by atoms with Crippen molar-refractivity contribution in [3.63, 3.8) is 0 Å². The van der Waals surface area contributed by atoms with Gasteiger partial charge >= 0.3 is 0 Å². The third kappa shape index (κ3) is 4.93. The molecule has 0 unspecified atom stereocenters. The van der Waals surface area contributed by atoms with Gasteiger partial charge in [0.1, 0.15) is 11.5 Å². The number of para-hydroxylation sites is 4. The van der Waals surface area contributed by atoms with Crippen LogP contribution in [0.25, 0.3) is 0 Å². The Kier molecular flexibility index (Phi) is 6.60. The van der Waals surface area contributed by atoms with Gasteiger partial charge in [-0.2, -0.15) is 0 Å². The van der Waals surface area contributed by atoms with E-state index in [0.717, 1.165) is 38.0 Å². The molecule has 2 aromatic carbocycles. The summed E-state index contributed by atoms with van der Waals surface area (Å²) in [6.45, 7) is 4.42. The molecule has 1 N–H and O–H groups in total. The highest BCUT2D eigenvalue weighted by Gasteiger charge is 2.34. The fourth-order valence-corrected chi connectivity index (χ4v) is 4.12. The molecule has 2 aliphatic heterocycles. The zero-order chi connectivity index (χ0) is 21.6. The number of amides is 2. The minimum Gasteiger partial charge on any atom is -0.492 e. The van der Waals surface area contributed by atoms with Crippen molar-refractivity contribution in [2.24, 2.45) is 0 Å². The number of carbonyl (C=O) groups excluding carboxylic acids is 2. The maximum absolute atomic E-state index is 13.1. The van der Waals surface area contributed by atoms with Crippen LogP contribution in [-0.4, -0.2) is 55.6 Å². The number of hydrogen-bond donors (Lipinski definition) is 1. The summed E-state index contributed by atoms with van der Waals surface area (Å²) in [6, 6.07) is 14.9. The van der Waals surface area contributed by atoms with E-state index in [2.05, 4.69) is 5.32 Å². The van der Waals surface area contributed by atoms with E-state index in [1.54, 1.807) is 0 Å². The van der Waals surface area contributed by atoms with Crippen LogP contribution < -0.4 is 19.7 Å². The number of hydrogen-bond acceptors (Lipinski definition) is 5. The quantitative estimate of drug-likeness (QED) is 0.772. The minimum absolute atomic E-state index is 0.00121. The average molecular weight is 424 g/mol. The van der Waals surface area contributed by atoms with Crippen molar-refractivity contribution in [2.75, 3.05) is 43.0 Å². The Balaban J connectivity index is 1.48. The van der Waals surface area contributed by atoms with Gasteiger partial charge in [-0.1, -0.05) is 24.3 Å². The summed E-state index contributed by atoms with van der Waals surface area (Å²) in [5.41, 5.74) is 1.45. The van der Waals surface area contributed by atoms with Crippen LogP contribution in [0.5, 0.6) is 11.5 Å². The van der Waals surface area contributed by atoms with Gasteiger partial charge in [0.2, 0.25) is 5.91 Å². The topological polar surface area (TPSA) is 71.1 Å². The van der Waals surface area contributed by atoms with E-state index in [-0.39, 0.29) is 18.4 Å². The molecule has 0 spiro atoms. The second kappa shape index (κ2) is 9.73. The zero-order valence-electron chi connectivity index (χ0n) is 17.9. The Bertz CT molecular complexity index is 927. The molecule has 1 atom stereocenters. The molecule has 1 saturated heterocycles. The second-order valence-corrected chi connectivity index (χ2v) is 7.82. The number of nitrogens with zero attached hydrogens (tertiary/aromatic N) is 2. The summed E-state index contributed by atoms with van der Waals surface area (Å²) < 4.78 is 11.6. The molecule has 7 nitrogen and oxygen atoms in total. The van der Waals surface area contributed by atoms with Crippen LogP contribution in [0.2, 0.25) is 0 Å². The highest BCUT2D eigenvalue weighted by Crippen LogP contribution is 2.34. The Morgan fingerprint density at radius 1 is 1.06 bits per heavy atom. The van der Waals surface area contributed by atoms with Crippen molar-refractivity contribution < 1.29 is 19.1 Å². The third-order valence-electron chi connectivity index (χ3n) is 5.60. The van der Waals surface area contributed by atoms with Gasteiger partial charge in [0, 0.05) is 13.1 Å². The van der Waals surface area contributed by atoms with E-state index < -0.39 is 6.10 Å². The molecule has 1 fully saturated rings. The van der Waals surface area contributed by atoms with E-state index in [0.29, 0.717) is 30.3 Å². The number of piperidine rings is 1. The monoisotopic (exact) mass is 423 g/mol. The number of carbonyl (C=O) groups is 2. The molecular formula is C24H29N3O4. The Morgan fingerprint density at radius 3 is 2.61 bits per heavy atom. The van der Waals surface area contributed by atoms with Gasteiger partial charge in [0.15, 0.2) is 6.10 Å². The summed E-state index contributed by atoms with van der Waals surface area (Å²) in [4.78, 5) is 29.7. The first kappa shape index (κ1) is 21.0. The van der Waals surface area contributed by atoms with Gasteiger partial charge in [-0.3, -0.25) is 9.59 Å². The normalized spacial score (nSPS) is 18.0. The smallest absolute Gasteiger partial charge is 0.265 e.